The van der Waals surface area contributed by atoms with Crippen molar-refractivity contribution < 1.29 is 38.4 Å². The van der Waals surface area contributed by atoms with Gasteiger partial charge in [-0.2, -0.15) is 0 Å². The van der Waals surface area contributed by atoms with Gasteiger partial charge in [0.1, 0.15) is 18.3 Å². The molecule has 4 atom stereocenters. The first-order valence-corrected chi connectivity index (χ1v) is 11.1. The van der Waals surface area contributed by atoms with E-state index in [4.69, 9.17) is 24.1 Å². The number of carboxylic acids is 1. The fourth-order valence-electron chi connectivity index (χ4n) is 6.38. The molecule has 1 heterocycles. The van der Waals surface area contributed by atoms with Crippen molar-refractivity contribution in [3.05, 3.63) is 12.2 Å². The normalized spacial score (nSPS) is 40.5. The van der Waals surface area contributed by atoms with Gasteiger partial charge in [0.25, 0.3) is 0 Å². The highest BCUT2D eigenvalue weighted by atomic mass is 16.7. The van der Waals surface area contributed by atoms with Crippen LogP contribution >= 0.6 is 0 Å². The molecule has 0 aromatic heterocycles. The van der Waals surface area contributed by atoms with Crippen LogP contribution in [0.2, 0.25) is 0 Å². The van der Waals surface area contributed by atoms with E-state index < -0.39 is 28.9 Å². The smallest absolute Gasteiger partial charge is 0.333 e. The summed E-state index contributed by atoms with van der Waals surface area (Å²) in [5.41, 5.74) is -0.843. The highest BCUT2D eigenvalue weighted by Crippen LogP contribution is 2.63. The van der Waals surface area contributed by atoms with Gasteiger partial charge >= 0.3 is 17.9 Å². The van der Waals surface area contributed by atoms with Gasteiger partial charge in [0.15, 0.2) is 5.79 Å². The lowest BCUT2D eigenvalue weighted by Gasteiger charge is -2.59. The molecule has 4 aliphatic carbocycles. The minimum Gasteiger partial charge on any atom is -0.481 e. The summed E-state index contributed by atoms with van der Waals surface area (Å²) in [5, 5.41) is 8.87. The summed E-state index contributed by atoms with van der Waals surface area (Å²) in [5.74, 6) is -1.81. The van der Waals surface area contributed by atoms with E-state index in [-0.39, 0.29) is 38.0 Å². The highest BCUT2D eigenvalue weighted by molar-refractivity contribution is 5.87. The van der Waals surface area contributed by atoms with Crippen LogP contribution in [0.1, 0.15) is 65.2 Å². The second kappa shape index (κ2) is 7.89. The first-order chi connectivity index (χ1) is 14.5. The van der Waals surface area contributed by atoms with Gasteiger partial charge in [-0.15, -0.1) is 0 Å². The third kappa shape index (κ3) is 4.51. The molecule has 172 valence electrons. The first kappa shape index (κ1) is 22.3. The number of aliphatic carboxylic acids is 1. The van der Waals surface area contributed by atoms with E-state index in [1.165, 1.54) is 0 Å². The molecule has 1 aliphatic heterocycles. The lowest BCUT2D eigenvalue weighted by molar-refractivity contribution is -0.212. The van der Waals surface area contributed by atoms with Gasteiger partial charge in [0.05, 0.1) is 18.4 Å². The zero-order valence-corrected chi connectivity index (χ0v) is 18.3. The van der Waals surface area contributed by atoms with Gasteiger partial charge in [0, 0.05) is 18.4 Å². The minimum absolute atomic E-state index is 0.0557. The van der Waals surface area contributed by atoms with Gasteiger partial charge in [-0.1, -0.05) is 6.58 Å². The fourth-order valence-corrected chi connectivity index (χ4v) is 6.38. The number of carboxylic acid groups (broad SMARTS) is 1. The van der Waals surface area contributed by atoms with Crippen molar-refractivity contribution >= 4 is 17.9 Å². The summed E-state index contributed by atoms with van der Waals surface area (Å²) in [6, 6.07) is 0. The number of rotatable bonds is 8. The van der Waals surface area contributed by atoms with Crippen molar-refractivity contribution in [3.8, 4) is 0 Å². The standard InChI is InChI=1S/C23H32O8/c1-14(2)19(26)31-23-9-15-6-16(10-23)8-22(7-15,13-23)20(27)28-11-17-12-29-21(3,30-17)5-4-18(24)25/h15-17H,1,4-13H2,2-3H3,(H,24,25). The van der Waals surface area contributed by atoms with Gasteiger partial charge in [0.2, 0.25) is 0 Å². The van der Waals surface area contributed by atoms with Crippen LogP contribution in [-0.4, -0.2) is 53.7 Å². The van der Waals surface area contributed by atoms with E-state index in [0.29, 0.717) is 23.8 Å². The number of esters is 2. The summed E-state index contributed by atoms with van der Waals surface area (Å²) in [6.45, 7) is 7.35. The number of hydrogen-bond donors (Lipinski definition) is 1. The van der Waals surface area contributed by atoms with Gasteiger partial charge in [-0.05, 0) is 57.8 Å². The molecule has 8 heteroatoms. The Morgan fingerprint density at radius 1 is 1.16 bits per heavy atom. The van der Waals surface area contributed by atoms with Crippen LogP contribution in [0.5, 0.6) is 0 Å². The molecule has 1 saturated heterocycles. The predicted octanol–water partition coefficient (Wildman–Crippen LogP) is 2.98. The largest absolute Gasteiger partial charge is 0.481 e. The molecule has 5 fully saturated rings. The van der Waals surface area contributed by atoms with E-state index >= 15 is 0 Å². The van der Waals surface area contributed by atoms with Crippen LogP contribution in [0.4, 0.5) is 0 Å². The molecule has 0 radical (unpaired) electrons. The van der Waals surface area contributed by atoms with E-state index in [1.54, 1.807) is 13.8 Å². The van der Waals surface area contributed by atoms with Crippen molar-refractivity contribution in [2.75, 3.05) is 13.2 Å². The zero-order valence-electron chi connectivity index (χ0n) is 18.3. The van der Waals surface area contributed by atoms with Gasteiger partial charge in [-0.25, -0.2) is 4.79 Å². The second-order valence-electron chi connectivity index (χ2n) is 10.3. The van der Waals surface area contributed by atoms with Crippen LogP contribution in [0.15, 0.2) is 12.2 Å². The van der Waals surface area contributed by atoms with Gasteiger partial charge < -0.3 is 24.1 Å². The van der Waals surface area contributed by atoms with Crippen LogP contribution in [0.25, 0.3) is 0 Å². The third-order valence-electron chi connectivity index (χ3n) is 7.28. The maximum atomic E-state index is 13.2. The molecule has 4 bridgehead atoms. The first-order valence-electron chi connectivity index (χ1n) is 11.1. The Kier molecular flexibility index (Phi) is 5.67. The average molecular weight is 437 g/mol. The van der Waals surface area contributed by atoms with E-state index in [2.05, 4.69) is 6.58 Å². The lowest BCUT2D eigenvalue weighted by Crippen LogP contribution is -2.60. The average Bonchev–Trinajstić information content (AvgIpc) is 3.04. The van der Waals surface area contributed by atoms with E-state index in [9.17, 15) is 14.4 Å². The number of ether oxygens (including phenoxy) is 4. The molecular formula is C23H32O8. The second-order valence-corrected chi connectivity index (χ2v) is 10.3. The number of carbonyl (C=O) groups is 3. The maximum absolute atomic E-state index is 13.2. The predicted molar refractivity (Wildman–Crippen MR) is 108 cm³/mol. The minimum atomic E-state index is -0.975. The summed E-state index contributed by atoms with van der Waals surface area (Å²) in [6.07, 6.45) is 4.48. The van der Waals surface area contributed by atoms with Crippen LogP contribution in [0, 0.1) is 17.3 Å². The topological polar surface area (TPSA) is 108 Å². The maximum Gasteiger partial charge on any atom is 0.333 e. The summed E-state index contributed by atoms with van der Waals surface area (Å²) in [4.78, 5) is 36.3. The Morgan fingerprint density at radius 2 is 1.84 bits per heavy atom. The highest BCUT2D eigenvalue weighted by Gasteiger charge is 2.63. The van der Waals surface area contributed by atoms with Crippen LogP contribution < -0.4 is 0 Å². The van der Waals surface area contributed by atoms with Crippen LogP contribution in [0.3, 0.4) is 0 Å². The summed E-state index contributed by atoms with van der Waals surface area (Å²) in [7, 11) is 0. The lowest BCUT2D eigenvalue weighted by atomic mass is 9.48. The van der Waals surface area contributed by atoms with Gasteiger partial charge in [-0.3, -0.25) is 9.59 Å². The van der Waals surface area contributed by atoms with E-state index in [0.717, 1.165) is 32.1 Å². The SMILES string of the molecule is C=C(C)C(=O)OC12CC3CC(C1)CC(C(=O)OCC1COC(C)(CCC(=O)O)O1)(C3)C2. The molecule has 31 heavy (non-hydrogen) atoms. The van der Waals surface area contributed by atoms with E-state index in [1.807, 2.05) is 0 Å². The Hall–Kier alpha value is -1.93. The Labute approximate surface area is 182 Å². The monoisotopic (exact) mass is 436 g/mol. The molecule has 4 saturated carbocycles. The number of hydrogen-bond acceptors (Lipinski definition) is 7. The molecule has 0 amide bonds. The molecule has 5 aliphatic rings. The molecule has 0 aromatic carbocycles. The van der Waals surface area contributed by atoms with Crippen molar-refractivity contribution in [2.24, 2.45) is 17.3 Å². The molecule has 5 rings (SSSR count). The summed E-state index contributed by atoms with van der Waals surface area (Å²) >= 11 is 0. The van der Waals surface area contributed by atoms with Crippen molar-refractivity contribution in [2.45, 2.75) is 82.7 Å². The van der Waals surface area contributed by atoms with Crippen molar-refractivity contribution in [1.82, 2.24) is 0 Å². The quantitative estimate of drug-likeness (QED) is 0.457. The molecular weight excluding hydrogens is 404 g/mol. The van der Waals surface area contributed by atoms with Crippen molar-refractivity contribution in [1.29, 1.82) is 0 Å². The Bertz CT molecular complexity index is 774. The molecule has 1 N–H and O–H groups in total. The third-order valence-corrected chi connectivity index (χ3v) is 7.28. The molecule has 0 spiro atoms. The Morgan fingerprint density at radius 3 is 2.45 bits per heavy atom. The summed E-state index contributed by atoms with van der Waals surface area (Å²) < 4.78 is 23.1. The number of carbonyl (C=O) groups excluding carboxylic acids is 2. The van der Waals surface area contributed by atoms with Crippen LogP contribution in [-0.2, 0) is 33.3 Å². The fraction of sp³-hybridized carbons (Fsp3) is 0.783. The Balaban J connectivity index is 1.37. The molecule has 4 unspecified atom stereocenters. The zero-order chi connectivity index (χ0) is 22.4. The van der Waals surface area contributed by atoms with Crippen molar-refractivity contribution in [3.63, 3.8) is 0 Å². The molecule has 8 nitrogen and oxygen atoms in total. The molecule has 0 aromatic rings.